The Balaban J connectivity index is 1.63. The maximum atomic E-state index is 13.6. The highest BCUT2D eigenvalue weighted by Crippen LogP contribution is 2.21. The van der Waals surface area contributed by atoms with Crippen molar-refractivity contribution in [2.75, 3.05) is 6.54 Å². The summed E-state index contributed by atoms with van der Waals surface area (Å²) < 4.78 is 13.6. The number of nitrogens with two attached hydrogens (primary N) is 1. The molecule has 0 unspecified atom stereocenters. The molecule has 0 aromatic heterocycles. The summed E-state index contributed by atoms with van der Waals surface area (Å²) in [6.07, 6.45) is 0. The number of halogens is 1. The first kappa shape index (κ1) is 17.8. The van der Waals surface area contributed by atoms with Gasteiger partial charge in [0.2, 0.25) is 0 Å². The Bertz CT molecular complexity index is 798. The first-order valence-electron chi connectivity index (χ1n) is 8.68. The van der Waals surface area contributed by atoms with Gasteiger partial charge < -0.3 is 10.6 Å². The molecule has 0 bridgehead atoms. The second kappa shape index (κ2) is 8.92. The molecule has 0 aliphatic carbocycles. The normalized spacial score (nSPS) is 10.7. The largest absolute Gasteiger partial charge is 0.340 e. The molecule has 4 heteroatoms. The highest BCUT2D eigenvalue weighted by molar-refractivity contribution is 5.77. The van der Waals surface area contributed by atoms with Gasteiger partial charge in [-0.25, -0.2) is 4.39 Å². The van der Waals surface area contributed by atoms with Gasteiger partial charge in [0.05, 0.1) is 6.04 Å². The van der Waals surface area contributed by atoms with Crippen LogP contribution in [0.2, 0.25) is 0 Å². The first-order chi connectivity index (χ1) is 12.7. The van der Waals surface area contributed by atoms with Crippen molar-refractivity contribution < 1.29 is 14.5 Å². The van der Waals surface area contributed by atoms with Crippen LogP contribution in [0.25, 0.3) is 0 Å². The SMILES string of the molecule is O=C(C[NH2+]Cc1ccccc1F)NC(c1ccccc1)c1ccccc1. The number of quaternary nitrogens is 1. The summed E-state index contributed by atoms with van der Waals surface area (Å²) in [7, 11) is 0. The van der Waals surface area contributed by atoms with E-state index in [0.29, 0.717) is 12.1 Å². The van der Waals surface area contributed by atoms with Gasteiger partial charge in [-0.2, -0.15) is 0 Å². The van der Waals surface area contributed by atoms with Gasteiger partial charge in [0, 0.05) is 5.56 Å². The molecule has 0 radical (unpaired) electrons. The lowest BCUT2D eigenvalue weighted by molar-refractivity contribution is -0.660. The van der Waals surface area contributed by atoms with E-state index in [1.807, 2.05) is 60.7 Å². The fourth-order valence-electron chi connectivity index (χ4n) is 2.89. The molecule has 0 saturated heterocycles. The van der Waals surface area contributed by atoms with Gasteiger partial charge in [0.15, 0.2) is 6.54 Å². The second-order valence-electron chi connectivity index (χ2n) is 6.11. The van der Waals surface area contributed by atoms with Crippen molar-refractivity contribution in [2.45, 2.75) is 12.6 Å². The highest BCUT2D eigenvalue weighted by Gasteiger charge is 2.17. The summed E-state index contributed by atoms with van der Waals surface area (Å²) in [5.74, 6) is -0.324. The summed E-state index contributed by atoms with van der Waals surface area (Å²) in [5.41, 5.74) is 2.66. The molecule has 3 rings (SSSR count). The molecule has 3 nitrogen and oxygen atoms in total. The van der Waals surface area contributed by atoms with Crippen molar-refractivity contribution in [1.82, 2.24) is 5.32 Å². The van der Waals surface area contributed by atoms with Crippen LogP contribution < -0.4 is 10.6 Å². The maximum Gasteiger partial charge on any atom is 0.275 e. The van der Waals surface area contributed by atoms with Gasteiger partial charge in [-0.15, -0.1) is 0 Å². The van der Waals surface area contributed by atoms with Crippen LogP contribution >= 0.6 is 0 Å². The smallest absolute Gasteiger partial charge is 0.275 e. The number of amides is 1. The standard InChI is InChI=1S/C22H21FN2O/c23-20-14-8-7-13-19(20)15-24-16-21(26)25-22(17-9-3-1-4-10-17)18-11-5-2-6-12-18/h1-14,22,24H,15-16H2,(H,25,26)/p+1. The van der Waals surface area contributed by atoms with E-state index in [1.54, 1.807) is 23.5 Å². The summed E-state index contributed by atoms with van der Waals surface area (Å²) in [5, 5.41) is 4.89. The number of benzene rings is 3. The number of hydrogen-bond donors (Lipinski definition) is 2. The molecule has 0 heterocycles. The topological polar surface area (TPSA) is 45.7 Å². The fraction of sp³-hybridized carbons (Fsp3) is 0.136. The lowest BCUT2D eigenvalue weighted by Crippen LogP contribution is -2.85. The summed E-state index contributed by atoms with van der Waals surface area (Å²) in [4.78, 5) is 12.4. The molecule has 0 aliphatic rings. The van der Waals surface area contributed by atoms with E-state index < -0.39 is 0 Å². The summed E-state index contributed by atoms with van der Waals surface area (Å²) >= 11 is 0. The molecule has 3 N–H and O–H groups in total. The van der Waals surface area contributed by atoms with Crippen LogP contribution in [0.15, 0.2) is 84.9 Å². The predicted molar refractivity (Wildman–Crippen MR) is 99.8 cm³/mol. The molecule has 0 aliphatic heterocycles. The van der Waals surface area contributed by atoms with Gasteiger partial charge in [-0.1, -0.05) is 78.9 Å². The van der Waals surface area contributed by atoms with Gasteiger partial charge in [0.1, 0.15) is 12.4 Å². The first-order valence-corrected chi connectivity index (χ1v) is 8.68. The van der Waals surface area contributed by atoms with Gasteiger partial charge in [0.25, 0.3) is 5.91 Å². The zero-order valence-corrected chi connectivity index (χ0v) is 14.4. The van der Waals surface area contributed by atoms with E-state index in [9.17, 15) is 9.18 Å². The third kappa shape index (κ3) is 4.77. The number of nitrogens with one attached hydrogen (secondary N) is 1. The number of carbonyl (C=O) groups excluding carboxylic acids is 1. The van der Waals surface area contributed by atoms with Crippen molar-refractivity contribution in [3.05, 3.63) is 107 Å². The molecule has 0 spiro atoms. The maximum absolute atomic E-state index is 13.6. The summed E-state index contributed by atoms with van der Waals surface area (Å²) in [6.45, 7) is 0.673. The van der Waals surface area contributed by atoms with Crippen LogP contribution in [-0.2, 0) is 11.3 Å². The van der Waals surface area contributed by atoms with E-state index in [0.717, 1.165) is 11.1 Å². The quantitative estimate of drug-likeness (QED) is 0.677. The van der Waals surface area contributed by atoms with E-state index in [1.165, 1.54) is 6.07 Å². The monoisotopic (exact) mass is 349 g/mol. The minimum Gasteiger partial charge on any atom is -0.340 e. The van der Waals surface area contributed by atoms with E-state index >= 15 is 0 Å². The van der Waals surface area contributed by atoms with Crippen LogP contribution in [0.5, 0.6) is 0 Å². The number of rotatable bonds is 7. The Kier molecular flexibility index (Phi) is 6.12. The van der Waals surface area contributed by atoms with Crippen LogP contribution in [0, 0.1) is 5.82 Å². The Morgan fingerprint density at radius 2 is 1.38 bits per heavy atom. The third-order valence-corrected chi connectivity index (χ3v) is 4.22. The molecule has 0 atom stereocenters. The predicted octanol–water partition coefficient (Wildman–Crippen LogP) is 2.79. The Morgan fingerprint density at radius 3 is 1.96 bits per heavy atom. The molecule has 1 amide bonds. The Hall–Kier alpha value is -2.98. The molecular formula is C22H22FN2O+. The van der Waals surface area contributed by atoms with Crippen LogP contribution in [0.3, 0.4) is 0 Å². The van der Waals surface area contributed by atoms with E-state index in [-0.39, 0.29) is 24.3 Å². The highest BCUT2D eigenvalue weighted by atomic mass is 19.1. The number of hydrogen-bond acceptors (Lipinski definition) is 1. The lowest BCUT2D eigenvalue weighted by Gasteiger charge is -2.19. The second-order valence-corrected chi connectivity index (χ2v) is 6.11. The number of carbonyl (C=O) groups is 1. The molecule has 132 valence electrons. The molecule has 3 aromatic carbocycles. The van der Waals surface area contributed by atoms with Gasteiger partial charge >= 0.3 is 0 Å². The average molecular weight is 349 g/mol. The molecule has 26 heavy (non-hydrogen) atoms. The van der Waals surface area contributed by atoms with Crippen LogP contribution in [0.4, 0.5) is 4.39 Å². The molecule has 3 aromatic rings. The van der Waals surface area contributed by atoms with Crippen molar-refractivity contribution >= 4 is 5.91 Å². The Morgan fingerprint density at radius 1 is 0.846 bits per heavy atom. The van der Waals surface area contributed by atoms with Crippen molar-refractivity contribution in [3.8, 4) is 0 Å². The average Bonchev–Trinajstić information content (AvgIpc) is 2.69. The minimum absolute atomic E-state index is 0.0842. The van der Waals surface area contributed by atoms with Crippen molar-refractivity contribution in [2.24, 2.45) is 0 Å². The molecule has 0 fully saturated rings. The fourth-order valence-corrected chi connectivity index (χ4v) is 2.89. The van der Waals surface area contributed by atoms with Gasteiger partial charge in [-0.05, 0) is 17.2 Å². The third-order valence-electron chi connectivity index (χ3n) is 4.22. The zero-order chi connectivity index (χ0) is 18.2. The molecule has 0 saturated carbocycles. The van der Waals surface area contributed by atoms with E-state index in [2.05, 4.69) is 5.32 Å². The van der Waals surface area contributed by atoms with Crippen LogP contribution in [0.1, 0.15) is 22.7 Å². The molecular weight excluding hydrogens is 327 g/mol. The summed E-state index contributed by atoms with van der Waals surface area (Å²) in [6, 6.07) is 26.2. The van der Waals surface area contributed by atoms with Gasteiger partial charge in [-0.3, -0.25) is 4.79 Å². The van der Waals surface area contributed by atoms with Crippen LogP contribution in [-0.4, -0.2) is 12.5 Å². The minimum atomic E-state index is -0.240. The van der Waals surface area contributed by atoms with E-state index in [4.69, 9.17) is 0 Å². The Labute approximate surface area is 152 Å². The van der Waals surface area contributed by atoms with Crippen molar-refractivity contribution in [1.29, 1.82) is 0 Å². The van der Waals surface area contributed by atoms with Crippen molar-refractivity contribution in [3.63, 3.8) is 0 Å². The lowest BCUT2D eigenvalue weighted by atomic mass is 9.99. The zero-order valence-electron chi connectivity index (χ0n) is 14.4.